The first-order valence-electron chi connectivity index (χ1n) is 8.73. The van der Waals surface area contributed by atoms with Crippen molar-refractivity contribution >= 4 is 29.2 Å². The molecule has 1 radical (unpaired) electrons. The minimum absolute atomic E-state index is 0.144. The molecule has 141 valence electrons. The summed E-state index contributed by atoms with van der Waals surface area (Å²) in [5, 5.41) is 14.8. The molecule has 1 aliphatic carbocycles. The van der Waals surface area contributed by atoms with Gasteiger partial charge in [-0.25, -0.2) is 4.79 Å². The molecule has 26 heavy (non-hydrogen) atoms. The first kappa shape index (κ1) is 19.7. The van der Waals surface area contributed by atoms with Gasteiger partial charge in [-0.15, -0.1) is 10.3 Å². The van der Waals surface area contributed by atoms with Crippen molar-refractivity contribution < 1.29 is 14.7 Å². The predicted molar refractivity (Wildman–Crippen MR) is 102 cm³/mol. The fourth-order valence-electron chi connectivity index (χ4n) is 4.49. The Hall–Kier alpha value is -1.07. The van der Waals surface area contributed by atoms with Gasteiger partial charge in [0.25, 0.3) is 0 Å². The molecule has 6 heteroatoms. The van der Waals surface area contributed by atoms with E-state index in [0.29, 0.717) is 34.2 Å². The highest BCUT2D eigenvalue weighted by atomic mass is 35.5. The lowest BCUT2D eigenvalue weighted by Crippen LogP contribution is -2.50. The molecule has 0 aromatic heterocycles. The standard InChI is InChI=1S/C20H24Cl2NO3/c1-18(2)10-16(13-9-19(3,4)23(25)20(13,5)11-18)26-17(24)12-6-7-14(21)15(22)8-12/h6-8H,9-11H2,1-5H3/t20-/m1/s1. The Morgan fingerprint density at radius 1 is 1.08 bits per heavy atom. The summed E-state index contributed by atoms with van der Waals surface area (Å²) in [6.45, 7) is 10.0. The van der Waals surface area contributed by atoms with Crippen molar-refractivity contribution in [2.45, 2.75) is 65.0 Å². The number of hydroxylamine groups is 2. The third-order valence-corrected chi connectivity index (χ3v) is 6.17. The van der Waals surface area contributed by atoms with Crippen molar-refractivity contribution in [3.05, 3.63) is 45.1 Å². The van der Waals surface area contributed by atoms with Crippen LogP contribution in [-0.4, -0.2) is 22.1 Å². The van der Waals surface area contributed by atoms with Gasteiger partial charge in [-0.2, -0.15) is 0 Å². The molecule has 0 spiro atoms. The second-order valence-corrected chi connectivity index (χ2v) is 9.81. The lowest BCUT2D eigenvalue weighted by molar-refractivity contribution is -0.251. The molecule has 1 heterocycles. The molecular formula is C20H24Cl2NO3. The second-order valence-electron chi connectivity index (χ2n) is 9.00. The van der Waals surface area contributed by atoms with Crippen LogP contribution in [-0.2, 0) is 9.94 Å². The van der Waals surface area contributed by atoms with Crippen LogP contribution in [0.4, 0.5) is 0 Å². The lowest BCUT2D eigenvalue weighted by atomic mass is 9.68. The number of hydrogen-bond acceptors (Lipinski definition) is 3. The van der Waals surface area contributed by atoms with Crippen LogP contribution < -0.4 is 0 Å². The first-order chi connectivity index (χ1) is 11.9. The number of hydrogen-bond donors (Lipinski definition) is 0. The number of ether oxygens (including phenoxy) is 1. The highest BCUT2D eigenvalue weighted by Gasteiger charge is 2.57. The van der Waals surface area contributed by atoms with Crippen LogP contribution in [0.1, 0.15) is 64.2 Å². The zero-order valence-corrected chi connectivity index (χ0v) is 17.3. The van der Waals surface area contributed by atoms with Crippen LogP contribution in [0.3, 0.4) is 0 Å². The number of benzene rings is 1. The molecule has 0 bridgehead atoms. The van der Waals surface area contributed by atoms with Gasteiger partial charge in [-0.1, -0.05) is 37.0 Å². The summed E-state index contributed by atoms with van der Waals surface area (Å²) in [7, 11) is 0. The summed E-state index contributed by atoms with van der Waals surface area (Å²) in [5.41, 5.74) is -0.0437. The maximum absolute atomic E-state index is 13.0. The monoisotopic (exact) mass is 396 g/mol. The van der Waals surface area contributed by atoms with Gasteiger partial charge in [0.2, 0.25) is 0 Å². The van der Waals surface area contributed by atoms with Crippen LogP contribution in [0.25, 0.3) is 0 Å². The fourth-order valence-corrected chi connectivity index (χ4v) is 4.79. The SMILES string of the molecule is CC1(C)CC(OC(=O)c2ccc(Cl)c(Cl)c2)=C2CC(C)(C)N([O])[C@]2(C)C1. The summed E-state index contributed by atoms with van der Waals surface area (Å²) in [4.78, 5) is 12.7. The van der Waals surface area contributed by atoms with Gasteiger partial charge in [-0.3, -0.25) is 0 Å². The average molecular weight is 397 g/mol. The number of rotatable bonds is 2. The van der Waals surface area contributed by atoms with E-state index >= 15 is 0 Å². The molecule has 0 amide bonds. The summed E-state index contributed by atoms with van der Waals surface area (Å²) < 4.78 is 5.80. The smallest absolute Gasteiger partial charge is 0.343 e. The van der Waals surface area contributed by atoms with Crippen LogP contribution in [0, 0.1) is 5.41 Å². The number of carbonyl (C=O) groups is 1. The van der Waals surface area contributed by atoms with Crippen molar-refractivity contribution in [3.8, 4) is 0 Å². The van der Waals surface area contributed by atoms with Crippen molar-refractivity contribution in [1.82, 2.24) is 5.06 Å². The van der Waals surface area contributed by atoms with Gasteiger partial charge in [0.15, 0.2) is 0 Å². The fraction of sp³-hybridized carbons (Fsp3) is 0.550. The zero-order valence-electron chi connectivity index (χ0n) is 15.8. The zero-order chi connectivity index (χ0) is 19.5. The van der Waals surface area contributed by atoms with Crippen molar-refractivity contribution in [2.24, 2.45) is 5.41 Å². The highest BCUT2D eigenvalue weighted by molar-refractivity contribution is 6.42. The molecule has 3 rings (SSSR count). The Labute approximate surface area is 164 Å². The minimum Gasteiger partial charge on any atom is -0.427 e. The van der Waals surface area contributed by atoms with E-state index < -0.39 is 17.0 Å². The topological polar surface area (TPSA) is 49.4 Å². The summed E-state index contributed by atoms with van der Waals surface area (Å²) in [6.07, 6.45) is 1.94. The number of fused-ring (bicyclic) bond motifs is 1. The summed E-state index contributed by atoms with van der Waals surface area (Å²) in [5.74, 6) is 0.138. The van der Waals surface area contributed by atoms with Crippen molar-refractivity contribution in [1.29, 1.82) is 0 Å². The predicted octanol–water partition coefficient (Wildman–Crippen LogP) is 5.81. The molecule has 1 atom stereocenters. The van der Waals surface area contributed by atoms with E-state index in [4.69, 9.17) is 27.9 Å². The van der Waals surface area contributed by atoms with Crippen LogP contribution in [0.15, 0.2) is 29.5 Å². The number of halogens is 2. The highest BCUT2D eigenvalue weighted by Crippen LogP contribution is 2.55. The van der Waals surface area contributed by atoms with Gasteiger partial charge in [0, 0.05) is 12.0 Å². The van der Waals surface area contributed by atoms with E-state index in [-0.39, 0.29) is 5.41 Å². The molecule has 0 N–H and O–H groups in total. The van der Waals surface area contributed by atoms with E-state index in [9.17, 15) is 10.0 Å². The third kappa shape index (κ3) is 3.29. The molecule has 1 aliphatic heterocycles. The van der Waals surface area contributed by atoms with Gasteiger partial charge >= 0.3 is 5.97 Å². The summed E-state index contributed by atoms with van der Waals surface area (Å²) >= 11 is 11.9. The molecule has 0 saturated carbocycles. The Balaban J connectivity index is 1.99. The number of allylic oxidation sites excluding steroid dienone is 1. The van der Waals surface area contributed by atoms with Gasteiger partial charge in [-0.05, 0) is 62.8 Å². The Morgan fingerprint density at radius 3 is 2.35 bits per heavy atom. The molecule has 1 fully saturated rings. The van der Waals surface area contributed by atoms with E-state index in [1.54, 1.807) is 12.1 Å². The molecule has 2 aliphatic rings. The van der Waals surface area contributed by atoms with Crippen molar-refractivity contribution in [2.75, 3.05) is 0 Å². The third-order valence-electron chi connectivity index (χ3n) is 5.43. The molecule has 1 saturated heterocycles. The number of nitrogens with zero attached hydrogens (tertiary/aromatic N) is 1. The molecule has 0 unspecified atom stereocenters. The van der Waals surface area contributed by atoms with Crippen molar-refractivity contribution in [3.63, 3.8) is 0 Å². The lowest BCUT2D eigenvalue weighted by Gasteiger charge is -2.44. The molecule has 1 aromatic rings. The number of esters is 1. The van der Waals surface area contributed by atoms with Gasteiger partial charge in [0.05, 0.1) is 21.1 Å². The van der Waals surface area contributed by atoms with Crippen LogP contribution >= 0.6 is 23.2 Å². The quantitative estimate of drug-likeness (QED) is 0.592. The van der Waals surface area contributed by atoms with E-state index in [0.717, 1.165) is 12.0 Å². The Morgan fingerprint density at radius 2 is 1.73 bits per heavy atom. The average Bonchev–Trinajstić information content (AvgIpc) is 2.69. The van der Waals surface area contributed by atoms with E-state index in [2.05, 4.69) is 13.8 Å². The van der Waals surface area contributed by atoms with E-state index in [1.165, 1.54) is 11.1 Å². The molecule has 4 nitrogen and oxygen atoms in total. The van der Waals surface area contributed by atoms with Gasteiger partial charge < -0.3 is 4.74 Å². The Bertz CT molecular complexity index is 800. The van der Waals surface area contributed by atoms with Gasteiger partial charge in [0.1, 0.15) is 5.76 Å². The van der Waals surface area contributed by atoms with Crippen LogP contribution in [0.2, 0.25) is 10.0 Å². The molecular weight excluding hydrogens is 373 g/mol. The second kappa shape index (κ2) is 6.23. The number of carbonyl (C=O) groups excluding carboxylic acids is 1. The molecule has 1 aromatic carbocycles. The van der Waals surface area contributed by atoms with E-state index in [1.807, 2.05) is 20.8 Å². The maximum atomic E-state index is 13.0. The first-order valence-corrected chi connectivity index (χ1v) is 9.49. The maximum Gasteiger partial charge on any atom is 0.343 e. The Kier molecular flexibility index (Phi) is 4.72. The normalized spacial score (nSPS) is 27.4. The summed E-state index contributed by atoms with van der Waals surface area (Å²) in [6, 6.07) is 4.67. The van der Waals surface area contributed by atoms with Crippen LogP contribution in [0.5, 0.6) is 0 Å². The largest absolute Gasteiger partial charge is 0.427 e. The minimum atomic E-state index is -0.654.